The van der Waals surface area contributed by atoms with Gasteiger partial charge in [-0.1, -0.05) is 12.1 Å². The molecular formula is C20H19N3O5. The molecule has 0 unspecified atom stereocenters. The third-order valence-electron chi connectivity index (χ3n) is 4.38. The molecule has 1 heterocycles. The maximum Gasteiger partial charge on any atom is 0.354 e. The molecule has 28 heavy (non-hydrogen) atoms. The van der Waals surface area contributed by atoms with Gasteiger partial charge in [-0.05, 0) is 48.7 Å². The fourth-order valence-corrected chi connectivity index (χ4v) is 2.78. The van der Waals surface area contributed by atoms with Crippen LogP contribution in [-0.4, -0.2) is 22.5 Å². The topological polar surface area (TPSA) is 102 Å². The number of carbonyl (C=O) groups excluding carboxylic acids is 2. The number of carbonyl (C=O) groups is 2. The highest BCUT2D eigenvalue weighted by atomic mass is 16.6. The molecule has 0 spiro atoms. The minimum Gasteiger partial charge on any atom is -0.456 e. The van der Waals surface area contributed by atoms with Crippen molar-refractivity contribution in [1.29, 1.82) is 0 Å². The van der Waals surface area contributed by atoms with Crippen LogP contribution in [0.15, 0.2) is 47.6 Å². The van der Waals surface area contributed by atoms with E-state index in [9.17, 15) is 19.7 Å². The molecule has 144 valence electrons. The zero-order chi connectivity index (χ0) is 20.3. The van der Waals surface area contributed by atoms with Gasteiger partial charge in [0.05, 0.1) is 10.6 Å². The highest BCUT2D eigenvalue weighted by molar-refractivity contribution is 6.38. The molecule has 1 amide bonds. The summed E-state index contributed by atoms with van der Waals surface area (Å²) in [7, 11) is 0. The third kappa shape index (κ3) is 4.22. The molecule has 2 aromatic carbocycles. The summed E-state index contributed by atoms with van der Waals surface area (Å²) in [5, 5.41) is 16.2. The van der Waals surface area contributed by atoms with Crippen molar-refractivity contribution in [2.45, 2.75) is 33.3 Å². The minimum absolute atomic E-state index is 0.0330. The van der Waals surface area contributed by atoms with Crippen LogP contribution in [0.1, 0.15) is 29.5 Å². The number of amides is 1. The Labute approximate surface area is 161 Å². The fourth-order valence-electron chi connectivity index (χ4n) is 2.78. The summed E-state index contributed by atoms with van der Waals surface area (Å²) >= 11 is 0. The first-order valence-electron chi connectivity index (χ1n) is 8.73. The molecule has 0 bridgehead atoms. The van der Waals surface area contributed by atoms with Gasteiger partial charge in [-0.2, -0.15) is 10.1 Å². The second-order valence-corrected chi connectivity index (χ2v) is 6.54. The number of ether oxygens (including phenoxy) is 1. The summed E-state index contributed by atoms with van der Waals surface area (Å²) in [6.07, 6.45) is 0.373. The molecule has 8 nitrogen and oxygen atoms in total. The first-order chi connectivity index (χ1) is 13.3. The number of benzene rings is 2. The zero-order valence-electron chi connectivity index (χ0n) is 15.5. The lowest BCUT2D eigenvalue weighted by Crippen LogP contribution is -2.35. The van der Waals surface area contributed by atoms with Gasteiger partial charge in [0, 0.05) is 25.0 Å². The largest absolute Gasteiger partial charge is 0.456 e. The van der Waals surface area contributed by atoms with Gasteiger partial charge in [-0.25, -0.2) is 4.79 Å². The molecule has 3 rings (SSSR count). The third-order valence-corrected chi connectivity index (χ3v) is 4.38. The average Bonchev–Trinajstić information content (AvgIpc) is 2.68. The van der Waals surface area contributed by atoms with Gasteiger partial charge in [0.2, 0.25) is 5.91 Å². The monoisotopic (exact) mass is 381 g/mol. The van der Waals surface area contributed by atoms with Crippen LogP contribution in [-0.2, 0) is 20.9 Å². The van der Waals surface area contributed by atoms with Crippen LogP contribution in [0.25, 0.3) is 0 Å². The summed E-state index contributed by atoms with van der Waals surface area (Å²) in [5.74, 6) is -0.790. The van der Waals surface area contributed by atoms with Gasteiger partial charge in [-0.3, -0.25) is 14.9 Å². The SMILES string of the molecule is Cc1ccc(C)c(N2N=C(C(=O)OCc3ccc([N+](=O)[O-])cc3)CCC2=O)c1. The lowest BCUT2D eigenvalue weighted by Gasteiger charge is -2.24. The molecule has 8 heteroatoms. The van der Waals surface area contributed by atoms with Crippen LogP contribution in [0, 0.1) is 24.0 Å². The number of nitrogens with zero attached hydrogens (tertiary/aromatic N) is 3. The Hall–Kier alpha value is -3.55. The van der Waals surface area contributed by atoms with E-state index in [1.54, 1.807) is 0 Å². The van der Waals surface area contributed by atoms with Gasteiger partial charge in [-0.15, -0.1) is 0 Å². The van der Waals surface area contributed by atoms with Crippen LogP contribution in [0.4, 0.5) is 11.4 Å². The lowest BCUT2D eigenvalue weighted by atomic mass is 10.1. The van der Waals surface area contributed by atoms with E-state index >= 15 is 0 Å². The van der Waals surface area contributed by atoms with E-state index in [-0.39, 0.29) is 36.8 Å². The molecule has 0 saturated heterocycles. The van der Waals surface area contributed by atoms with Crippen molar-refractivity contribution in [2.24, 2.45) is 5.10 Å². The number of anilines is 1. The number of aryl methyl sites for hydroxylation is 2. The van der Waals surface area contributed by atoms with Gasteiger partial charge in [0.1, 0.15) is 12.3 Å². The second kappa shape index (κ2) is 7.99. The van der Waals surface area contributed by atoms with Gasteiger partial charge < -0.3 is 4.74 Å². The van der Waals surface area contributed by atoms with E-state index in [1.807, 2.05) is 32.0 Å². The summed E-state index contributed by atoms with van der Waals surface area (Å²) < 4.78 is 5.26. The highest BCUT2D eigenvalue weighted by Gasteiger charge is 2.27. The highest BCUT2D eigenvalue weighted by Crippen LogP contribution is 2.25. The second-order valence-electron chi connectivity index (χ2n) is 6.54. The normalized spacial score (nSPS) is 13.9. The zero-order valence-corrected chi connectivity index (χ0v) is 15.5. The van der Waals surface area contributed by atoms with Crippen LogP contribution < -0.4 is 5.01 Å². The number of hydrogen-bond donors (Lipinski definition) is 0. The Bertz CT molecular complexity index is 966. The van der Waals surface area contributed by atoms with E-state index < -0.39 is 10.9 Å². The van der Waals surface area contributed by atoms with E-state index in [4.69, 9.17) is 4.74 Å². The average molecular weight is 381 g/mol. The van der Waals surface area contributed by atoms with Crippen LogP contribution in [0.2, 0.25) is 0 Å². The molecule has 2 aromatic rings. The Morgan fingerprint density at radius 2 is 1.89 bits per heavy atom. The fraction of sp³-hybridized carbons (Fsp3) is 0.250. The summed E-state index contributed by atoms with van der Waals surface area (Å²) in [6.45, 7) is 3.76. The smallest absolute Gasteiger partial charge is 0.354 e. The molecule has 0 saturated carbocycles. The van der Waals surface area contributed by atoms with E-state index in [0.717, 1.165) is 11.1 Å². The van der Waals surface area contributed by atoms with Crippen molar-refractivity contribution in [1.82, 2.24) is 0 Å². The number of nitro groups is 1. The van der Waals surface area contributed by atoms with Crippen molar-refractivity contribution in [3.8, 4) is 0 Å². The number of rotatable bonds is 5. The van der Waals surface area contributed by atoms with Crippen molar-refractivity contribution >= 4 is 29.0 Å². The molecule has 0 fully saturated rings. The van der Waals surface area contributed by atoms with Crippen LogP contribution in [0.5, 0.6) is 0 Å². The first-order valence-corrected chi connectivity index (χ1v) is 8.73. The number of esters is 1. The van der Waals surface area contributed by atoms with Crippen molar-refractivity contribution < 1.29 is 19.2 Å². The Morgan fingerprint density at radius 3 is 2.57 bits per heavy atom. The molecular weight excluding hydrogens is 362 g/mol. The molecule has 1 aliphatic heterocycles. The molecule has 1 aliphatic rings. The molecule has 0 aliphatic carbocycles. The molecule has 0 atom stereocenters. The standard InChI is InChI=1S/C20H19N3O5/c1-13-3-4-14(2)18(11-13)22-19(24)10-9-17(21-22)20(25)28-12-15-5-7-16(8-6-15)23(26)27/h3-8,11H,9-10,12H2,1-2H3. The first kappa shape index (κ1) is 19.2. The lowest BCUT2D eigenvalue weighted by molar-refractivity contribution is -0.384. The Kier molecular flexibility index (Phi) is 5.49. The van der Waals surface area contributed by atoms with E-state index in [2.05, 4.69) is 5.10 Å². The van der Waals surface area contributed by atoms with Gasteiger partial charge in [0.15, 0.2) is 0 Å². The summed E-state index contributed by atoms with van der Waals surface area (Å²) in [5.41, 5.74) is 3.26. The maximum absolute atomic E-state index is 12.4. The number of hydrazone groups is 1. The number of hydrogen-bond acceptors (Lipinski definition) is 6. The van der Waals surface area contributed by atoms with Gasteiger partial charge in [0.25, 0.3) is 5.69 Å². The summed E-state index contributed by atoms with van der Waals surface area (Å²) in [6, 6.07) is 11.4. The Balaban J connectivity index is 1.73. The predicted molar refractivity (Wildman–Crippen MR) is 103 cm³/mol. The van der Waals surface area contributed by atoms with E-state index in [0.29, 0.717) is 11.3 Å². The molecule has 0 N–H and O–H groups in total. The molecule has 0 radical (unpaired) electrons. The van der Waals surface area contributed by atoms with Crippen LogP contribution in [0.3, 0.4) is 0 Å². The van der Waals surface area contributed by atoms with Crippen molar-refractivity contribution in [2.75, 3.05) is 5.01 Å². The van der Waals surface area contributed by atoms with Crippen molar-refractivity contribution in [3.63, 3.8) is 0 Å². The molecule has 0 aromatic heterocycles. The Morgan fingerprint density at radius 1 is 1.18 bits per heavy atom. The van der Waals surface area contributed by atoms with Crippen molar-refractivity contribution in [3.05, 3.63) is 69.3 Å². The number of non-ortho nitro benzene ring substituents is 1. The van der Waals surface area contributed by atoms with Crippen LogP contribution >= 0.6 is 0 Å². The van der Waals surface area contributed by atoms with Gasteiger partial charge >= 0.3 is 5.97 Å². The van der Waals surface area contributed by atoms with E-state index in [1.165, 1.54) is 29.3 Å². The predicted octanol–water partition coefficient (Wildman–Crippen LogP) is 3.44. The number of nitro benzene ring substituents is 1. The minimum atomic E-state index is -0.610. The quantitative estimate of drug-likeness (QED) is 0.448. The summed E-state index contributed by atoms with van der Waals surface area (Å²) in [4.78, 5) is 34.9. The maximum atomic E-state index is 12.4.